The van der Waals surface area contributed by atoms with E-state index < -0.39 is 0 Å². The zero-order chi connectivity index (χ0) is 19.3. The van der Waals surface area contributed by atoms with Crippen molar-refractivity contribution >= 4 is 5.91 Å². The number of nitrogens with one attached hydrogen (secondary N) is 1. The lowest BCUT2D eigenvalue weighted by Gasteiger charge is -2.25. The van der Waals surface area contributed by atoms with Gasteiger partial charge in [-0.05, 0) is 62.7 Å². The molecule has 1 atom stereocenters. The minimum Gasteiger partial charge on any atom is -0.490 e. The fourth-order valence-electron chi connectivity index (χ4n) is 3.72. The van der Waals surface area contributed by atoms with Gasteiger partial charge in [-0.25, -0.2) is 0 Å². The van der Waals surface area contributed by atoms with Crippen molar-refractivity contribution in [1.29, 1.82) is 0 Å². The second kappa shape index (κ2) is 8.69. The van der Waals surface area contributed by atoms with Crippen LogP contribution in [0.3, 0.4) is 0 Å². The lowest BCUT2D eigenvalue weighted by molar-refractivity contribution is 0.0907. The molecule has 6 nitrogen and oxygen atoms in total. The highest BCUT2D eigenvalue weighted by molar-refractivity contribution is 5.91. The van der Waals surface area contributed by atoms with E-state index in [1.165, 1.54) is 19.3 Å². The summed E-state index contributed by atoms with van der Waals surface area (Å²) in [5.41, 5.74) is 0.970. The fraction of sp³-hybridized carbons (Fsp3) is 0.500. The molecule has 1 amide bonds. The molecule has 28 heavy (non-hydrogen) atoms. The number of carbonyl (C=O) groups is 1. The first-order valence-electron chi connectivity index (χ1n) is 10.2. The Morgan fingerprint density at radius 3 is 2.64 bits per heavy atom. The first-order valence-corrected chi connectivity index (χ1v) is 10.2. The van der Waals surface area contributed by atoms with E-state index in [0.29, 0.717) is 19.0 Å². The van der Waals surface area contributed by atoms with Crippen LogP contribution in [-0.2, 0) is 6.54 Å². The number of likely N-dealkylation sites (tertiary alicyclic amines) is 1. The van der Waals surface area contributed by atoms with Gasteiger partial charge in [0.25, 0.3) is 5.91 Å². The topological polar surface area (TPSA) is 63.9 Å². The fourth-order valence-corrected chi connectivity index (χ4v) is 3.72. The van der Waals surface area contributed by atoms with Crippen LogP contribution in [0.2, 0.25) is 0 Å². The van der Waals surface area contributed by atoms with Gasteiger partial charge in [-0.3, -0.25) is 9.69 Å². The molecule has 1 aromatic carbocycles. The Kier molecular flexibility index (Phi) is 5.86. The van der Waals surface area contributed by atoms with Gasteiger partial charge in [0.1, 0.15) is 5.76 Å². The molecule has 150 valence electrons. The van der Waals surface area contributed by atoms with Crippen molar-refractivity contribution in [3.8, 4) is 11.5 Å². The van der Waals surface area contributed by atoms with Crippen molar-refractivity contribution in [2.24, 2.45) is 0 Å². The molecular formula is C22H28N2O4. The monoisotopic (exact) mass is 384 g/mol. The average Bonchev–Trinajstić information content (AvgIpc) is 3.05. The molecule has 0 bridgehead atoms. The number of furan rings is 1. The summed E-state index contributed by atoms with van der Waals surface area (Å²) < 4.78 is 17.2. The summed E-state index contributed by atoms with van der Waals surface area (Å²) in [4.78, 5) is 15.0. The van der Waals surface area contributed by atoms with Crippen molar-refractivity contribution in [3.05, 3.63) is 47.4 Å². The number of piperidine rings is 1. The molecule has 3 heterocycles. The van der Waals surface area contributed by atoms with Gasteiger partial charge in [0, 0.05) is 6.42 Å². The zero-order valence-corrected chi connectivity index (χ0v) is 16.4. The highest BCUT2D eigenvalue weighted by atomic mass is 16.5. The van der Waals surface area contributed by atoms with Gasteiger partial charge in [-0.2, -0.15) is 0 Å². The number of benzene rings is 1. The van der Waals surface area contributed by atoms with E-state index in [1.54, 1.807) is 6.07 Å². The second-order valence-electron chi connectivity index (χ2n) is 7.55. The van der Waals surface area contributed by atoms with E-state index in [2.05, 4.69) is 10.2 Å². The first-order chi connectivity index (χ1) is 13.7. The number of carbonyl (C=O) groups excluding carboxylic acids is 1. The number of fused-ring (bicyclic) bond motifs is 1. The highest BCUT2D eigenvalue weighted by Crippen LogP contribution is 2.32. The molecule has 1 N–H and O–H groups in total. The minimum atomic E-state index is -0.204. The van der Waals surface area contributed by atoms with Crippen molar-refractivity contribution in [1.82, 2.24) is 10.2 Å². The number of hydrogen-bond donors (Lipinski definition) is 1. The molecule has 1 saturated heterocycles. The number of amides is 1. The summed E-state index contributed by atoms with van der Waals surface area (Å²) in [5, 5.41) is 3.01. The SMILES string of the molecule is CC(NC(=O)c1ccc(CN2CCCCC2)o1)c1ccc2c(c1)OCCCO2. The molecule has 0 radical (unpaired) electrons. The van der Waals surface area contributed by atoms with Gasteiger partial charge in [-0.1, -0.05) is 12.5 Å². The Morgan fingerprint density at radius 2 is 1.82 bits per heavy atom. The maximum atomic E-state index is 12.6. The molecule has 0 spiro atoms. The standard InChI is InChI=1S/C22H28N2O4/c1-16(17-6-8-19-21(14-17)27-13-5-12-26-19)23-22(25)20-9-7-18(28-20)15-24-10-3-2-4-11-24/h6-9,14,16H,2-5,10-13,15H2,1H3,(H,23,25). The molecule has 2 aromatic rings. The predicted octanol–water partition coefficient (Wildman–Crippen LogP) is 3.92. The number of nitrogens with zero attached hydrogens (tertiary/aromatic N) is 1. The molecular weight excluding hydrogens is 356 g/mol. The Hall–Kier alpha value is -2.47. The normalized spacial score (nSPS) is 18.3. The van der Waals surface area contributed by atoms with Gasteiger partial charge >= 0.3 is 0 Å². The molecule has 1 unspecified atom stereocenters. The third kappa shape index (κ3) is 4.50. The van der Waals surface area contributed by atoms with E-state index in [4.69, 9.17) is 13.9 Å². The van der Waals surface area contributed by atoms with Crippen LogP contribution in [0.15, 0.2) is 34.7 Å². The summed E-state index contributed by atoms with van der Waals surface area (Å²) in [5.74, 6) is 2.49. The van der Waals surface area contributed by atoms with Crippen molar-refractivity contribution in [2.75, 3.05) is 26.3 Å². The maximum Gasteiger partial charge on any atom is 0.287 e. The third-order valence-electron chi connectivity index (χ3n) is 5.33. The molecule has 2 aliphatic heterocycles. The van der Waals surface area contributed by atoms with Gasteiger partial charge < -0.3 is 19.2 Å². The smallest absolute Gasteiger partial charge is 0.287 e. The van der Waals surface area contributed by atoms with E-state index >= 15 is 0 Å². The Morgan fingerprint density at radius 1 is 1.04 bits per heavy atom. The summed E-state index contributed by atoms with van der Waals surface area (Å²) >= 11 is 0. The van der Waals surface area contributed by atoms with Crippen LogP contribution in [0.5, 0.6) is 11.5 Å². The Labute approximate surface area is 165 Å². The lowest BCUT2D eigenvalue weighted by atomic mass is 10.1. The molecule has 1 aromatic heterocycles. The van der Waals surface area contributed by atoms with Gasteiger partial charge in [0.2, 0.25) is 0 Å². The number of ether oxygens (including phenoxy) is 2. The Balaban J connectivity index is 1.37. The maximum absolute atomic E-state index is 12.6. The summed E-state index contributed by atoms with van der Waals surface area (Å²) in [6.45, 7) is 6.23. The van der Waals surface area contributed by atoms with Crippen molar-refractivity contribution < 1.29 is 18.7 Å². The van der Waals surface area contributed by atoms with Crippen molar-refractivity contribution in [2.45, 2.75) is 45.2 Å². The first kappa shape index (κ1) is 18.9. The van der Waals surface area contributed by atoms with E-state index in [0.717, 1.165) is 48.9 Å². The molecule has 1 fully saturated rings. The van der Waals surface area contributed by atoms with Crippen LogP contribution in [0.4, 0.5) is 0 Å². The van der Waals surface area contributed by atoms with Crippen LogP contribution < -0.4 is 14.8 Å². The van der Waals surface area contributed by atoms with Crippen LogP contribution in [0.1, 0.15) is 60.5 Å². The third-order valence-corrected chi connectivity index (χ3v) is 5.33. The van der Waals surface area contributed by atoms with Crippen LogP contribution >= 0.6 is 0 Å². The van der Waals surface area contributed by atoms with Gasteiger partial charge in [0.15, 0.2) is 17.3 Å². The van der Waals surface area contributed by atoms with E-state index in [1.807, 2.05) is 31.2 Å². The quantitative estimate of drug-likeness (QED) is 0.847. The molecule has 6 heteroatoms. The molecule has 4 rings (SSSR count). The van der Waals surface area contributed by atoms with Gasteiger partial charge in [-0.15, -0.1) is 0 Å². The number of rotatable bonds is 5. The van der Waals surface area contributed by atoms with Gasteiger partial charge in [0.05, 0.1) is 25.8 Å². The summed E-state index contributed by atoms with van der Waals surface area (Å²) in [7, 11) is 0. The summed E-state index contributed by atoms with van der Waals surface area (Å²) in [6.07, 6.45) is 4.65. The highest BCUT2D eigenvalue weighted by Gasteiger charge is 2.19. The van der Waals surface area contributed by atoms with Crippen LogP contribution in [0, 0.1) is 0 Å². The molecule has 0 saturated carbocycles. The zero-order valence-electron chi connectivity index (χ0n) is 16.4. The van der Waals surface area contributed by atoms with E-state index in [-0.39, 0.29) is 11.9 Å². The van der Waals surface area contributed by atoms with Crippen LogP contribution in [0.25, 0.3) is 0 Å². The minimum absolute atomic E-state index is 0.166. The lowest BCUT2D eigenvalue weighted by Crippen LogP contribution is -2.29. The molecule has 2 aliphatic rings. The predicted molar refractivity (Wildman–Crippen MR) is 106 cm³/mol. The largest absolute Gasteiger partial charge is 0.490 e. The van der Waals surface area contributed by atoms with E-state index in [9.17, 15) is 4.79 Å². The Bertz CT molecular complexity index is 811. The number of hydrogen-bond acceptors (Lipinski definition) is 5. The second-order valence-corrected chi connectivity index (χ2v) is 7.55. The molecule has 0 aliphatic carbocycles. The van der Waals surface area contributed by atoms with Crippen LogP contribution in [-0.4, -0.2) is 37.1 Å². The average molecular weight is 384 g/mol. The van der Waals surface area contributed by atoms with Crippen molar-refractivity contribution in [3.63, 3.8) is 0 Å². The summed E-state index contributed by atoms with van der Waals surface area (Å²) in [6, 6.07) is 9.30.